The highest BCUT2D eigenvalue weighted by atomic mass is 35.5. The van der Waals surface area contributed by atoms with E-state index in [2.05, 4.69) is 19.9 Å². The normalized spacial score (nSPS) is 33.1. The standard InChI is InChI=1S/C20H25ClO6/c1-6-11(2)9-12(3)7-8-13-10-14-15(21)16(22)19(4,24)17(23)20(14,25)18(26-5)27-13/h7-11,18,24-25H,6H2,1-5H3. The van der Waals surface area contributed by atoms with Crippen LogP contribution in [0.15, 0.2) is 46.2 Å². The summed E-state index contributed by atoms with van der Waals surface area (Å²) in [5.74, 6) is -1.43. The molecule has 2 N–H and O–H groups in total. The monoisotopic (exact) mass is 396 g/mol. The number of ketones is 2. The fraction of sp³-hybridized carbons (Fsp3) is 0.500. The Balaban J connectivity index is 2.51. The van der Waals surface area contributed by atoms with Crippen LogP contribution in [0.3, 0.4) is 0 Å². The minimum atomic E-state index is -2.47. The molecule has 0 fully saturated rings. The molecule has 0 saturated carbocycles. The van der Waals surface area contributed by atoms with E-state index in [1.54, 1.807) is 6.08 Å². The number of allylic oxidation sites excluding steroid dienone is 4. The van der Waals surface area contributed by atoms with Gasteiger partial charge in [-0.15, -0.1) is 0 Å². The lowest BCUT2D eigenvalue weighted by Gasteiger charge is -2.44. The third kappa shape index (κ3) is 3.67. The van der Waals surface area contributed by atoms with E-state index in [9.17, 15) is 19.8 Å². The second-order valence-electron chi connectivity index (χ2n) is 7.09. The molecule has 0 radical (unpaired) electrons. The molecular formula is C20H25ClO6. The van der Waals surface area contributed by atoms with E-state index in [1.807, 2.05) is 13.0 Å². The first-order valence-corrected chi connectivity index (χ1v) is 9.10. The van der Waals surface area contributed by atoms with Gasteiger partial charge in [0, 0.05) is 12.7 Å². The van der Waals surface area contributed by atoms with Crippen molar-refractivity contribution in [2.24, 2.45) is 5.92 Å². The molecule has 148 valence electrons. The van der Waals surface area contributed by atoms with Gasteiger partial charge in [-0.25, -0.2) is 0 Å². The molecule has 0 aromatic heterocycles. The number of aliphatic hydroxyl groups is 2. The van der Waals surface area contributed by atoms with Crippen molar-refractivity contribution in [3.05, 3.63) is 46.2 Å². The summed E-state index contributed by atoms with van der Waals surface area (Å²) >= 11 is 6.08. The van der Waals surface area contributed by atoms with Crippen LogP contribution >= 0.6 is 11.6 Å². The average molecular weight is 397 g/mol. The van der Waals surface area contributed by atoms with E-state index in [0.717, 1.165) is 18.9 Å². The summed E-state index contributed by atoms with van der Waals surface area (Å²) in [5, 5.41) is 20.7. The van der Waals surface area contributed by atoms with Crippen molar-refractivity contribution in [2.75, 3.05) is 7.11 Å². The first kappa shape index (κ1) is 21.6. The van der Waals surface area contributed by atoms with Gasteiger partial charge in [0.25, 0.3) is 0 Å². The zero-order valence-electron chi connectivity index (χ0n) is 16.1. The summed E-state index contributed by atoms with van der Waals surface area (Å²) in [4.78, 5) is 24.9. The molecule has 1 aliphatic carbocycles. The largest absolute Gasteiger partial charge is 0.461 e. The third-order valence-electron chi connectivity index (χ3n) is 4.86. The van der Waals surface area contributed by atoms with E-state index in [4.69, 9.17) is 21.1 Å². The smallest absolute Gasteiger partial charge is 0.240 e. The van der Waals surface area contributed by atoms with Crippen LogP contribution in [-0.2, 0) is 19.1 Å². The molecule has 0 amide bonds. The maximum Gasteiger partial charge on any atom is 0.240 e. The van der Waals surface area contributed by atoms with Crippen LogP contribution in [0.2, 0.25) is 0 Å². The summed E-state index contributed by atoms with van der Waals surface area (Å²) in [6.07, 6.45) is 6.41. The van der Waals surface area contributed by atoms with Crippen molar-refractivity contribution in [2.45, 2.75) is 51.6 Å². The molecule has 0 spiro atoms. The van der Waals surface area contributed by atoms with Crippen molar-refractivity contribution in [1.29, 1.82) is 0 Å². The van der Waals surface area contributed by atoms with Gasteiger partial charge in [0.1, 0.15) is 5.76 Å². The van der Waals surface area contributed by atoms with Gasteiger partial charge >= 0.3 is 0 Å². The predicted molar refractivity (Wildman–Crippen MR) is 101 cm³/mol. The number of hydrogen-bond donors (Lipinski definition) is 2. The maximum atomic E-state index is 12.6. The Morgan fingerprint density at radius 1 is 1.44 bits per heavy atom. The molecule has 27 heavy (non-hydrogen) atoms. The van der Waals surface area contributed by atoms with E-state index in [0.29, 0.717) is 5.92 Å². The van der Waals surface area contributed by atoms with Crippen LogP contribution in [-0.4, -0.2) is 46.4 Å². The molecule has 4 atom stereocenters. The lowest BCUT2D eigenvalue weighted by molar-refractivity contribution is -0.210. The van der Waals surface area contributed by atoms with Gasteiger partial charge in [-0.1, -0.05) is 49.6 Å². The summed E-state index contributed by atoms with van der Waals surface area (Å²) in [6, 6.07) is 0. The topological polar surface area (TPSA) is 93.1 Å². The van der Waals surface area contributed by atoms with Crippen molar-refractivity contribution >= 4 is 23.2 Å². The molecule has 4 unspecified atom stereocenters. The molecule has 1 heterocycles. The molecule has 0 aromatic carbocycles. The van der Waals surface area contributed by atoms with Crippen molar-refractivity contribution < 1.29 is 29.3 Å². The van der Waals surface area contributed by atoms with Gasteiger partial charge in [-0.05, 0) is 31.9 Å². The molecule has 2 rings (SSSR count). The van der Waals surface area contributed by atoms with E-state index < -0.39 is 34.1 Å². The van der Waals surface area contributed by atoms with Crippen molar-refractivity contribution in [3.63, 3.8) is 0 Å². The van der Waals surface area contributed by atoms with Crippen LogP contribution in [0.5, 0.6) is 0 Å². The van der Waals surface area contributed by atoms with Crippen LogP contribution in [0, 0.1) is 5.92 Å². The highest BCUT2D eigenvalue weighted by Crippen LogP contribution is 2.43. The number of hydrogen-bond acceptors (Lipinski definition) is 6. The minimum Gasteiger partial charge on any atom is -0.461 e. The maximum absolute atomic E-state index is 12.6. The van der Waals surface area contributed by atoms with E-state index in [-0.39, 0.29) is 11.3 Å². The second-order valence-corrected chi connectivity index (χ2v) is 7.46. The van der Waals surface area contributed by atoms with Crippen LogP contribution in [0.4, 0.5) is 0 Å². The average Bonchev–Trinajstić information content (AvgIpc) is 2.63. The lowest BCUT2D eigenvalue weighted by atomic mass is 9.72. The fourth-order valence-electron chi connectivity index (χ4n) is 3.03. The Morgan fingerprint density at radius 3 is 2.63 bits per heavy atom. The number of ether oxygens (including phenoxy) is 2. The van der Waals surface area contributed by atoms with Crippen molar-refractivity contribution in [3.8, 4) is 0 Å². The zero-order chi connectivity index (χ0) is 20.6. The number of halogens is 1. The van der Waals surface area contributed by atoms with Crippen LogP contribution < -0.4 is 0 Å². The fourth-order valence-corrected chi connectivity index (χ4v) is 3.42. The Kier molecular flexibility index (Phi) is 6.16. The quantitative estimate of drug-likeness (QED) is 0.548. The first-order valence-electron chi connectivity index (χ1n) is 8.72. The predicted octanol–water partition coefficient (Wildman–Crippen LogP) is 2.55. The van der Waals surface area contributed by atoms with Gasteiger partial charge in [-0.3, -0.25) is 9.59 Å². The molecule has 7 heteroatoms. The molecule has 0 aromatic rings. The molecule has 0 bridgehead atoms. The number of Topliss-reactive ketones (excluding diaryl/α,β-unsaturated/α-hetero) is 2. The Labute approximate surface area is 163 Å². The number of carbonyl (C=O) groups is 2. The first-order chi connectivity index (χ1) is 12.5. The van der Waals surface area contributed by atoms with Crippen LogP contribution in [0.25, 0.3) is 0 Å². The number of fused-ring (bicyclic) bond motifs is 1. The molecule has 6 nitrogen and oxygen atoms in total. The number of methoxy groups -OCH3 is 1. The second kappa shape index (κ2) is 7.72. The lowest BCUT2D eigenvalue weighted by Crippen LogP contribution is -2.66. The molecule has 1 aliphatic heterocycles. The van der Waals surface area contributed by atoms with Gasteiger partial charge in [0.2, 0.25) is 23.5 Å². The van der Waals surface area contributed by atoms with Gasteiger partial charge in [0.05, 0.1) is 5.03 Å². The molecular weight excluding hydrogens is 372 g/mol. The summed E-state index contributed by atoms with van der Waals surface area (Å²) in [5.41, 5.74) is -4.00. The Morgan fingerprint density at radius 2 is 2.07 bits per heavy atom. The van der Waals surface area contributed by atoms with E-state index in [1.165, 1.54) is 13.2 Å². The summed E-state index contributed by atoms with van der Waals surface area (Å²) in [7, 11) is 1.24. The van der Waals surface area contributed by atoms with E-state index >= 15 is 0 Å². The van der Waals surface area contributed by atoms with Gasteiger partial charge in [-0.2, -0.15) is 0 Å². The third-order valence-corrected chi connectivity index (χ3v) is 5.24. The zero-order valence-corrected chi connectivity index (χ0v) is 16.8. The van der Waals surface area contributed by atoms with Gasteiger partial charge in [0.15, 0.2) is 5.60 Å². The minimum absolute atomic E-state index is 0.146. The molecule has 0 saturated heterocycles. The van der Waals surface area contributed by atoms with Crippen LogP contribution in [0.1, 0.15) is 34.1 Å². The highest BCUT2D eigenvalue weighted by molar-refractivity contribution is 6.48. The summed E-state index contributed by atoms with van der Waals surface area (Å²) < 4.78 is 10.7. The SMILES string of the molecule is CCC(C)C=C(C)C=CC1=CC2=C(Cl)C(=O)C(C)(O)C(=O)C2(O)C(OC)O1. The highest BCUT2D eigenvalue weighted by Gasteiger charge is 2.63. The van der Waals surface area contributed by atoms with Crippen molar-refractivity contribution in [1.82, 2.24) is 0 Å². The molecule has 2 aliphatic rings. The number of rotatable bonds is 5. The Hall–Kier alpha value is -1.73. The Bertz CT molecular complexity index is 773. The number of carbonyl (C=O) groups excluding carboxylic acids is 2. The van der Waals surface area contributed by atoms with Gasteiger partial charge < -0.3 is 19.7 Å². The summed E-state index contributed by atoms with van der Waals surface area (Å²) in [6.45, 7) is 7.12.